The van der Waals surface area contributed by atoms with Crippen molar-refractivity contribution in [2.24, 2.45) is 39.5 Å². The van der Waals surface area contributed by atoms with Crippen LogP contribution in [0.15, 0.2) is 195 Å². The van der Waals surface area contributed by atoms with Crippen LogP contribution in [0.3, 0.4) is 0 Å². The Morgan fingerprint density at radius 1 is 0.268 bits per heavy atom. The number of hydrogen-bond acceptors (Lipinski definition) is 0. The third kappa shape index (κ3) is 19.3. The Balaban J connectivity index is 0.000000148. The van der Waals surface area contributed by atoms with E-state index in [-0.39, 0.29) is 5.41 Å². The third-order valence-electron chi connectivity index (χ3n) is 24.5. The Labute approximate surface area is 676 Å². The molecule has 0 amide bonds. The predicted octanol–water partition coefficient (Wildman–Crippen LogP) is 26.8. The lowest BCUT2D eigenvalue weighted by molar-refractivity contribution is -0.661. The molecule has 14 rings (SSSR count). The summed E-state index contributed by atoms with van der Waals surface area (Å²) in [5.41, 5.74) is 49.3. The molecule has 2 saturated carbocycles. The highest BCUT2D eigenvalue weighted by Gasteiger charge is 2.28. The quantitative estimate of drug-likeness (QED) is 0.102. The van der Waals surface area contributed by atoms with Crippen molar-refractivity contribution in [2.75, 3.05) is 0 Å². The van der Waals surface area contributed by atoms with Crippen molar-refractivity contribution in [1.29, 1.82) is 0 Å². The summed E-state index contributed by atoms with van der Waals surface area (Å²) < 4.78 is 9.19. The molecule has 2 aliphatic rings. The van der Waals surface area contributed by atoms with Crippen LogP contribution in [0.5, 0.6) is 0 Å². The highest BCUT2D eigenvalue weighted by molar-refractivity contribution is 5.82. The number of aryl methyl sites for hydroxylation is 20. The Morgan fingerprint density at radius 2 is 0.518 bits per heavy atom. The fourth-order valence-corrected chi connectivity index (χ4v) is 18.4. The summed E-state index contributed by atoms with van der Waals surface area (Å²) in [6, 6.07) is 63.5. The molecule has 0 radical (unpaired) electrons. The molecule has 2 aliphatic carbocycles. The van der Waals surface area contributed by atoms with Gasteiger partial charge in [0.2, 0.25) is 22.8 Å². The van der Waals surface area contributed by atoms with E-state index < -0.39 is 0 Å². The molecule has 2 fully saturated rings. The van der Waals surface area contributed by atoms with Gasteiger partial charge in [-0.2, -0.15) is 0 Å². The van der Waals surface area contributed by atoms with Gasteiger partial charge in [-0.05, 0) is 330 Å². The molecule has 0 aliphatic heterocycles. The number of pyridine rings is 4. The van der Waals surface area contributed by atoms with E-state index in [4.69, 9.17) is 0 Å². The molecule has 4 aromatic heterocycles. The van der Waals surface area contributed by atoms with Crippen LogP contribution in [0, 0.1) is 122 Å². The second-order valence-electron chi connectivity index (χ2n) is 35.6. The number of nitrogens with zero attached hydrogens (tertiary/aromatic N) is 4. The smallest absolute Gasteiger partial charge is 0.201 e. The van der Waals surface area contributed by atoms with Crippen molar-refractivity contribution in [3.05, 3.63) is 306 Å². The molecule has 580 valence electrons. The first-order chi connectivity index (χ1) is 53.2. The zero-order valence-corrected chi connectivity index (χ0v) is 73.3. The van der Waals surface area contributed by atoms with Crippen LogP contribution >= 0.6 is 0 Å². The van der Waals surface area contributed by atoms with Gasteiger partial charge in [0.15, 0.2) is 24.8 Å². The summed E-state index contributed by atoms with van der Waals surface area (Å²) in [5, 5.41) is 0. The normalized spacial score (nSPS) is 13.2. The molecule has 112 heavy (non-hydrogen) atoms. The first kappa shape index (κ1) is 83.3. The van der Waals surface area contributed by atoms with Crippen LogP contribution in [0.2, 0.25) is 0 Å². The molecule has 0 bridgehead atoms. The summed E-state index contributed by atoms with van der Waals surface area (Å²) in [7, 11) is 8.71. The van der Waals surface area contributed by atoms with Crippen LogP contribution in [-0.4, -0.2) is 0 Å². The molecular formula is C108H132N4+4. The zero-order chi connectivity index (χ0) is 80.7. The highest BCUT2D eigenvalue weighted by atomic mass is 14.9. The van der Waals surface area contributed by atoms with Gasteiger partial charge >= 0.3 is 0 Å². The van der Waals surface area contributed by atoms with Gasteiger partial charge < -0.3 is 0 Å². The lowest BCUT2D eigenvalue weighted by Gasteiger charge is -2.23. The molecule has 4 nitrogen and oxygen atoms in total. The minimum Gasteiger partial charge on any atom is -0.201 e. The van der Waals surface area contributed by atoms with E-state index >= 15 is 0 Å². The standard InChI is InChI=1S/C28H34N.C27H32N.C27H34N.C26H32N/c1-19-11-9-10-14-24(19)26-16-27(21(3)15-20(26)2)28-17-25(22(4)18-29(28)5)23-12-7-6-8-13-23;1-18-10-6-9-13-23(18)25-15-26(20(3)14-19(25)2)27-16-24(21(4)17-28(27)5)22-11-7-8-12-22;1-18-11-9-10-12-23(18)24-15-25(20(3)13-19(24)2)26-14-22(16-27(5,6)7)21(4)17-28(26)8;1-17(2)12-22-14-26(27(7)16-21(22)6)25-15-24(19(4)13-20(25)5)23-11-9-8-10-18(23)3/h9-11,14-18,23H,6-8,12-13H2,1-5H3;6,9-10,13-17,22H,7-8,11-12H2,1-5H3;9-15,17H,16H2,1-8H3;8-11,13-17H,12H2,1-7H3/q4*+1. The summed E-state index contributed by atoms with van der Waals surface area (Å²) in [4.78, 5) is 0. The van der Waals surface area contributed by atoms with Gasteiger partial charge in [0.1, 0.15) is 28.2 Å². The second kappa shape index (κ2) is 36.0. The van der Waals surface area contributed by atoms with E-state index in [1.165, 1.54) is 247 Å². The Bertz CT molecular complexity index is 5400. The van der Waals surface area contributed by atoms with Crippen molar-refractivity contribution in [1.82, 2.24) is 0 Å². The van der Waals surface area contributed by atoms with E-state index in [0.717, 1.165) is 24.7 Å². The fourth-order valence-electron chi connectivity index (χ4n) is 18.4. The second-order valence-corrected chi connectivity index (χ2v) is 35.6. The molecule has 0 N–H and O–H groups in total. The van der Waals surface area contributed by atoms with Gasteiger partial charge in [-0.1, -0.05) is 188 Å². The zero-order valence-electron chi connectivity index (χ0n) is 73.3. The van der Waals surface area contributed by atoms with Crippen molar-refractivity contribution in [3.8, 4) is 89.5 Å². The molecule has 4 heterocycles. The van der Waals surface area contributed by atoms with Gasteiger partial charge in [0.05, 0.1) is 0 Å². The molecule has 8 aromatic carbocycles. The van der Waals surface area contributed by atoms with Crippen LogP contribution in [0.4, 0.5) is 0 Å². The van der Waals surface area contributed by atoms with Gasteiger partial charge in [-0.3, -0.25) is 0 Å². The van der Waals surface area contributed by atoms with Crippen LogP contribution in [-0.2, 0) is 41.0 Å². The van der Waals surface area contributed by atoms with Crippen molar-refractivity contribution >= 4 is 0 Å². The molecule has 0 saturated heterocycles. The topological polar surface area (TPSA) is 15.5 Å². The number of hydrogen-bond donors (Lipinski definition) is 0. The first-order valence-corrected chi connectivity index (χ1v) is 41.9. The van der Waals surface area contributed by atoms with E-state index in [0.29, 0.717) is 5.92 Å². The minimum atomic E-state index is 0.274. The fraction of sp³-hybridized carbons (Fsp3) is 0.370. The van der Waals surface area contributed by atoms with Crippen molar-refractivity contribution in [2.45, 2.75) is 228 Å². The maximum absolute atomic E-state index is 2.49. The highest BCUT2D eigenvalue weighted by Crippen LogP contribution is 2.42. The maximum atomic E-state index is 2.49. The van der Waals surface area contributed by atoms with E-state index in [1.807, 2.05) is 0 Å². The molecule has 12 aromatic rings. The average Bonchev–Trinajstić information content (AvgIpc) is 0.927. The summed E-state index contributed by atoms with van der Waals surface area (Å²) >= 11 is 0. The molecule has 0 unspecified atom stereocenters. The molecule has 4 heteroatoms. The largest absolute Gasteiger partial charge is 0.212 e. The van der Waals surface area contributed by atoms with Gasteiger partial charge in [-0.15, -0.1) is 0 Å². The number of benzene rings is 8. The van der Waals surface area contributed by atoms with Crippen molar-refractivity contribution < 1.29 is 18.3 Å². The number of rotatable bonds is 13. The van der Waals surface area contributed by atoms with Gasteiger partial charge in [0.25, 0.3) is 0 Å². The minimum absolute atomic E-state index is 0.274. The van der Waals surface area contributed by atoms with Gasteiger partial charge in [0, 0.05) is 68.8 Å². The molecule has 0 spiro atoms. The summed E-state index contributed by atoms with van der Waals surface area (Å²) in [6.45, 7) is 47.2. The Kier molecular flexibility index (Phi) is 26.8. The summed E-state index contributed by atoms with van der Waals surface area (Å²) in [5.74, 6) is 2.12. The van der Waals surface area contributed by atoms with Crippen LogP contribution in [0.25, 0.3) is 89.5 Å². The molecule has 0 atom stereocenters. The summed E-state index contributed by atoms with van der Waals surface area (Å²) in [6.07, 6.45) is 23.7. The Hall–Kier alpha value is -9.64. The number of aromatic nitrogens is 4. The van der Waals surface area contributed by atoms with Crippen LogP contribution < -0.4 is 18.3 Å². The third-order valence-corrected chi connectivity index (χ3v) is 24.5. The van der Waals surface area contributed by atoms with E-state index in [2.05, 4.69) is 387 Å². The van der Waals surface area contributed by atoms with E-state index in [9.17, 15) is 0 Å². The predicted molar refractivity (Wildman–Crippen MR) is 478 cm³/mol. The van der Waals surface area contributed by atoms with E-state index in [1.54, 1.807) is 11.1 Å². The molecular weight excluding hydrogens is 1350 g/mol. The Morgan fingerprint density at radius 3 is 0.804 bits per heavy atom. The lowest BCUT2D eigenvalue weighted by atomic mass is 9.82. The SMILES string of the molecule is Cc1c[n+](C)c(-c2cc(-c3ccccc3C)c(C)cc2C)cc1CC(C)(C)C.Cc1c[n+](C)c(-c2cc(-c3ccccc3C)c(C)cc2C)cc1CC(C)C.Cc1ccccc1-c1cc(-c2cc(C3CCCC3)c(C)c[n+]2C)c(C)cc1C.Cc1ccccc1-c1cc(-c2cc(C3CCCCC3)c(C)c[n+]2C)c(C)cc1C. The first-order valence-electron chi connectivity index (χ1n) is 41.9. The maximum Gasteiger partial charge on any atom is 0.212 e. The van der Waals surface area contributed by atoms with Crippen molar-refractivity contribution in [3.63, 3.8) is 0 Å². The average molecular weight is 1490 g/mol. The monoisotopic (exact) mass is 1490 g/mol. The van der Waals surface area contributed by atoms with Crippen LogP contribution in [0.1, 0.15) is 216 Å². The van der Waals surface area contributed by atoms with Gasteiger partial charge in [-0.25, -0.2) is 18.3 Å². The lowest BCUT2D eigenvalue weighted by Crippen LogP contribution is -2.32.